The van der Waals surface area contributed by atoms with Gasteiger partial charge in [-0.3, -0.25) is 0 Å². The predicted molar refractivity (Wildman–Crippen MR) is 82.3 cm³/mol. The van der Waals surface area contributed by atoms with Crippen molar-refractivity contribution in [1.82, 2.24) is 10.6 Å². The first-order chi connectivity index (χ1) is 9.81. The van der Waals surface area contributed by atoms with Crippen molar-refractivity contribution >= 4 is 5.96 Å². The molecule has 0 spiro atoms. The van der Waals surface area contributed by atoms with Crippen molar-refractivity contribution in [2.24, 2.45) is 4.99 Å². The van der Waals surface area contributed by atoms with E-state index in [2.05, 4.69) is 15.6 Å². The maximum atomic E-state index is 5.60. The number of benzene rings is 1. The number of ether oxygens (including phenoxy) is 2. The average Bonchev–Trinajstić information content (AvgIpc) is 2.46. The molecule has 0 saturated heterocycles. The molecule has 0 fully saturated rings. The molecule has 5 nitrogen and oxygen atoms in total. The van der Waals surface area contributed by atoms with E-state index >= 15 is 0 Å². The summed E-state index contributed by atoms with van der Waals surface area (Å²) < 4.78 is 10.6. The Balaban J connectivity index is 2.65. The Labute approximate surface area is 121 Å². The van der Waals surface area contributed by atoms with Crippen LogP contribution in [0.3, 0.4) is 0 Å². The fourth-order valence-corrected chi connectivity index (χ4v) is 1.71. The molecule has 0 heterocycles. The molecule has 0 atom stereocenters. The lowest BCUT2D eigenvalue weighted by atomic mass is 10.2. The van der Waals surface area contributed by atoms with Gasteiger partial charge in [0.15, 0.2) is 5.96 Å². The van der Waals surface area contributed by atoms with E-state index in [0.29, 0.717) is 19.8 Å². The monoisotopic (exact) mass is 279 g/mol. The lowest BCUT2D eigenvalue weighted by molar-refractivity contribution is 0.203. The largest absolute Gasteiger partial charge is 0.494 e. The highest BCUT2D eigenvalue weighted by Gasteiger charge is 2.02. The highest BCUT2D eigenvalue weighted by molar-refractivity contribution is 5.79. The SMILES string of the molecule is CCNC(=NCc1ccccc1OCC)NCCOC. The van der Waals surface area contributed by atoms with Gasteiger partial charge < -0.3 is 20.1 Å². The van der Waals surface area contributed by atoms with Gasteiger partial charge in [-0.05, 0) is 19.9 Å². The van der Waals surface area contributed by atoms with E-state index in [1.54, 1.807) is 7.11 Å². The minimum atomic E-state index is 0.582. The zero-order valence-electron chi connectivity index (χ0n) is 12.6. The van der Waals surface area contributed by atoms with Crippen LogP contribution < -0.4 is 15.4 Å². The van der Waals surface area contributed by atoms with E-state index in [4.69, 9.17) is 9.47 Å². The third-order valence-electron chi connectivity index (χ3n) is 2.62. The molecule has 20 heavy (non-hydrogen) atoms. The molecule has 0 aliphatic rings. The van der Waals surface area contributed by atoms with E-state index in [1.807, 2.05) is 38.1 Å². The van der Waals surface area contributed by atoms with E-state index in [0.717, 1.165) is 30.4 Å². The van der Waals surface area contributed by atoms with Gasteiger partial charge >= 0.3 is 0 Å². The van der Waals surface area contributed by atoms with Crippen LogP contribution in [0.2, 0.25) is 0 Å². The zero-order chi connectivity index (χ0) is 14.6. The van der Waals surface area contributed by atoms with Crippen LogP contribution in [-0.2, 0) is 11.3 Å². The van der Waals surface area contributed by atoms with Gasteiger partial charge in [0, 0.05) is 25.8 Å². The van der Waals surface area contributed by atoms with E-state index < -0.39 is 0 Å². The smallest absolute Gasteiger partial charge is 0.191 e. The summed E-state index contributed by atoms with van der Waals surface area (Å²) in [7, 11) is 1.68. The van der Waals surface area contributed by atoms with Crippen molar-refractivity contribution < 1.29 is 9.47 Å². The fraction of sp³-hybridized carbons (Fsp3) is 0.533. The second-order valence-electron chi connectivity index (χ2n) is 4.16. The van der Waals surface area contributed by atoms with Crippen molar-refractivity contribution in [3.05, 3.63) is 29.8 Å². The second kappa shape index (κ2) is 10.1. The third-order valence-corrected chi connectivity index (χ3v) is 2.62. The fourth-order valence-electron chi connectivity index (χ4n) is 1.71. The van der Waals surface area contributed by atoms with Crippen LogP contribution in [0.5, 0.6) is 5.75 Å². The quantitative estimate of drug-likeness (QED) is 0.433. The zero-order valence-corrected chi connectivity index (χ0v) is 12.6. The Hall–Kier alpha value is -1.75. The van der Waals surface area contributed by atoms with Crippen LogP contribution in [-0.4, -0.2) is 39.4 Å². The third kappa shape index (κ3) is 5.93. The highest BCUT2D eigenvalue weighted by atomic mass is 16.5. The topological polar surface area (TPSA) is 54.9 Å². The van der Waals surface area contributed by atoms with Gasteiger partial charge in [0.2, 0.25) is 0 Å². The van der Waals surface area contributed by atoms with Crippen molar-refractivity contribution in [3.8, 4) is 5.75 Å². The molecule has 0 bridgehead atoms. The molecule has 1 aromatic carbocycles. The van der Waals surface area contributed by atoms with Crippen molar-refractivity contribution in [2.75, 3.05) is 33.4 Å². The Bertz CT molecular complexity index is 408. The number of aliphatic imine (C=N–C) groups is 1. The summed E-state index contributed by atoms with van der Waals surface area (Å²) in [5, 5.41) is 6.42. The van der Waals surface area contributed by atoms with Crippen LogP contribution in [0.1, 0.15) is 19.4 Å². The lowest BCUT2D eigenvalue weighted by Gasteiger charge is -2.12. The summed E-state index contributed by atoms with van der Waals surface area (Å²) in [5.41, 5.74) is 1.08. The van der Waals surface area contributed by atoms with Crippen LogP contribution in [0.4, 0.5) is 0 Å². The molecular formula is C15H25N3O2. The van der Waals surface area contributed by atoms with Crippen LogP contribution in [0.15, 0.2) is 29.3 Å². The molecule has 0 aliphatic heterocycles. The van der Waals surface area contributed by atoms with Crippen LogP contribution in [0.25, 0.3) is 0 Å². The molecule has 1 aromatic rings. The molecule has 0 saturated carbocycles. The molecule has 0 amide bonds. The van der Waals surface area contributed by atoms with Gasteiger partial charge in [-0.15, -0.1) is 0 Å². The molecule has 1 rings (SSSR count). The molecule has 0 aromatic heterocycles. The van der Waals surface area contributed by atoms with Crippen molar-refractivity contribution in [2.45, 2.75) is 20.4 Å². The maximum Gasteiger partial charge on any atom is 0.191 e. The highest BCUT2D eigenvalue weighted by Crippen LogP contribution is 2.18. The molecule has 112 valence electrons. The first kappa shape index (κ1) is 16.3. The average molecular weight is 279 g/mol. The standard InChI is InChI=1S/C15H25N3O2/c1-4-16-15(17-10-11-19-3)18-12-13-8-6-7-9-14(13)20-5-2/h6-9H,4-5,10-12H2,1-3H3,(H2,16,17,18). The Kier molecular flexibility index (Phi) is 8.22. The van der Waals surface area contributed by atoms with E-state index in [-0.39, 0.29) is 0 Å². The first-order valence-electron chi connectivity index (χ1n) is 7.03. The molecule has 5 heteroatoms. The Morgan fingerprint density at radius 1 is 1.20 bits per heavy atom. The maximum absolute atomic E-state index is 5.60. The van der Waals surface area contributed by atoms with Gasteiger partial charge in [-0.1, -0.05) is 18.2 Å². The summed E-state index contributed by atoms with van der Waals surface area (Å²) in [6, 6.07) is 7.98. The van der Waals surface area contributed by atoms with Gasteiger partial charge in [0.1, 0.15) is 5.75 Å². The summed E-state index contributed by atoms with van der Waals surface area (Å²) in [5.74, 6) is 1.68. The van der Waals surface area contributed by atoms with Crippen molar-refractivity contribution in [1.29, 1.82) is 0 Å². The van der Waals surface area contributed by atoms with E-state index in [9.17, 15) is 0 Å². The minimum Gasteiger partial charge on any atom is -0.494 e. The number of rotatable bonds is 8. The molecule has 0 aliphatic carbocycles. The lowest BCUT2D eigenvalue weighted by Crippen LogP contribution is -2.38. The van der Waals surface area contributed by atoms with Gasteiger partial charge in [-0.2, -0.15) is 0 Å². The molecule has 2 N–H and O–H groups in total. The van der Waals surface area contributed by atoms with Crippen LogP contribution >= 0.6 is 0 Å². The number of methoxy groups -OCH3 is 1. The summed E-state index contributed by atoms with van der Waals surface area (Å²) in [4.78, 5) is 4.56. The molecular weight excluding hydrogens is 254 g/mol. The predicted octanol–water partition coefficient (Wildman–Crippen LogP) is 1.79. The number of hydrogen-bond donors (Lipinski definition) is 2. The number of guanidine groups is 1. The number of nitrogens with one attached hydrogen (secondary N) is 2. The number of nitrogens with zero attached hydrogens (tertiary/aromatic N) is 1. The Morgan fingerprint density at radius 2 is 2.00 bits per heavy atom. The Morgan fingerprint density at radius 3 is 2.70 bits per heavy atom. The first-order valence-corrected chi connectivity index (χ1v) is 7.03. The summed E-state index contributed by atoms with van der Waals surface area (Å²) in [6.45, 7) is 7.48. The van der Waals surface area contributed by atoms with Crippen LogP contribution in [0, 0.1) is 0 Å². The normalized spacial score (nSPS) is 11.2. The van der Waals surface area contributed by atoms with Gasteiger partial charge in [0.05, 0.1) is 19.8 Å². The van der Waals surface area contributed by atoms with Gasteiger partial charge in [0.25, 0.3) is 0 Å². The summed E-state index contributed by atoms with van der Waals surface area (Å²) in [6.07, 6.45) is 0. The van der Waals surface area contributed by atoms with Gasteiger partial charge in [-0.25, -0.2) is 4.99 Å². The second-order valence-corrected chi connectivity index (χ2v) is 4.16. The number of para-hydroxylation sites is 1. The summed E-state index contributed by atoms with van der Waals surface area (Å²) >= 11 is 0. The van der Waals surface area contributed by atoms with Crippen molar-refractivity contribution in [3.63, 3.8) is 0 Å². The minimum absolute atomic E-state index is 0.582. The number of hydrogen-bond acceptors (Lipinski definition) is 3. The molecule has 0 radical (unpaired) electrons. The molecule has 0 unspecified atom stereocenters. The van der Waals surface area contributed by atoms with E-state index in [1.165, 1.54) is 0 Å².